The van der Waals surface area contributed by atoms with E-state index in [1.807, 2.05) is 0 Å². The van der Waals surface area contributed by atoms with Crippen molar-refractivity contribution in [1.82, 2.24) is 19.9 Å². The maximum atomic E-state index is 7.23. The van der Waals surface area contributed by atoms with E-state index in [1.165, 1.54) is 212 Å². The van der Waals surface area contributed by atoms with Gasteiger partial charge in [-0.15, -0.1) is 0 Å². The number of aromatic amines is 2. The third-order valence-corrected chi connectivity index (χ3v) is 19.4. The third-order valence-electron chi connectivity index (χ3n) is 19.4. The molecule has 3 aromatic rings. The van der Waals surface area contributed by atoms with Crippen molar-refractivity contribution in [2.45, 2.75) is 370 Å². The summed E-state index contributed by atoms with van der Waals surface area (Å²) in [6, 6.07) is 8.63. The predicted octanol–water partition coefficient (Wildman–Crippen LogP) is 26.6. The number of nitrogens with one attached hydrogen (secondary N) is 2. The fourth-order valence-electron chi connectivity index (χ4n) is 13.3. The number of fused-ring (bicyclic) bond motifs is 8. The van der Waals surface area contributed by atoms with Crippen molar-refractivity contribution in [3.63, 3.8) is 0 Å². The van der Waals surface area contributed by atoms with E-state index in [1.54, 1.807) is 0 Å². The summed E-state index contributed by atoms with van der Waals surface area (Å²) in [7, 11) is 0. The Bertz CT molecular complexity index is 2730. The standard InChI is InChI=1S/C86H146N4O8.Pd/c1-9-17-25-33-41-49-58-91-66-57-71-72-67-74-81(93-60-51-43-35-27-19-11-3)83(95-62-53-45-37-29-21-13-5)76(88-74)69-78-85(97-64-55-47-39-31-23-15-7)86(98-65-56-48-40-32-24-16-8)79(90-78)70-77-84(96-63-54-46-38-30-22-14-6)82(94-61-52-44-36-28-20-12-4)75(89-77)68-73(87-72)80(71)92-59-50-42-34-26-18-10-2;/h67-70,87,89H,9-66H2,1-8H3;. The molecule has 0 radical (unpaired) electrons. The predicted molar refractivity (Wildman–Crippen MR) is 416 cm³/mol. The second kappa shape index (κ2) is 58.2. The van der Waals surface area contributed by atoms with Gasteiger partial charge in [0.25, 0.3) is 0 Å². The zero-order chi connectivity index (χ0) is 69.6. The number of unbranched alkanes of at least 4 members (excludes halogenated alkanes) is 40. The molecule has 5 rings (SSSR count). The maximum Gasteiger partial charge on any atom is 0.189 e. The van der Waals surface area contributed by atoms with Crippen molar-refractivity contribution in [3.8, 4) is 17.2 Å². The van der Waals surface area contributed by atoms with E-state index in [0.29, 0.717) is 117 Å². The minimum absolute atomic E-state index is 0. The van der Waals surface area contributed by atoms with Crippen LogP contribution in [0.1, 0.15) is 392 Å². The van der Waals surface area contributed by atoms with Crippen LogP contribution in [0.4, 0.5) is 0 Å². The molecule has 0 amide bonds. The molecule has 0 aliphatic carbocycles. The molecule has 0 atom stereocenters. The molecule has 0 fully saturated rings. The quantitative estimate of drug-likeness (QED) is 0.0416. The molecule has 2 aliphatic heterocycles. The van der Waals surface area contributed by atoms with E-state index in [2.05, 4.69) is 89.6 Å². The molecule has 5 heterocycles. The minimum atomic E-state index is 0. The van der Waals surface area contributed by atoms with Gasteiger partial charge in [0.15, 0.2) is 34.5 Å². The molecular weight excluding hydrogens is 1320 g/mol. The molecule has 2 aliphatic rings. The Labute approximate surface area is 619 Å². The SMILES string of the molecule is CCCCCCCCOCCc1c(OCCCCCCCC)c2cc3[nH]c(cc4nc(cc5nc(cc1[nH]2)C(OCCCCCCCC)=C5OCCCCCCCC)C(OCCCCCCCC)=C4OCCCCCCCC)c(OCCCCCCCC)c3OCCCCCCCC.[Pd]. The summed E-state index contributed by atoms with van der Waals surface area (Å²) in [4.78, 5) is 19.2. The molecule has 568 valence electrons. The average Bonchev–Trinajstić information content (AvgIpc) is 1.62. The molecule has 2 N–H and O–H groups in total. The van der Waals surface area contributed by atoms with Crippen LogP contribution in [-0.2, 0) is 50.5 Å². The molecule has 8 bridgehead atoms. The Hall–Kier alpha value is -4.18. The topological polar surface area (TPSA) is 131 Å². The molecule has 0 saturated carbocycles. The van der Waals surface area contributed by atoms with E-state index >= 15 is 0 Å². The molecule has 0 saturated heterocycles. The summed E-state index contributed by atoms with van der Waals surface area (Å²) in [6.07, 6.45) is 56.7. The van der Waals surface area contributed by atoms with Gasteiger partial charge in [-0.2, -0.15) is 0 Å². The number of aromatic nitrogens is 4. The summed E-state index contributed by atoms with van der Waals surface area (Å²) in [5.74, 6) is 4.84. The van der Waals surface area contributed by atoms with E-state index < -0.39 is 0 Å². The van der Waals surface area contributed by atoms with Gasteiger partial charge < -0.3 is 47.9 Å². The van der Waals surface area contributed by atoms with Gasteiger partial charge in [-0.1, -0.05) is 312 Å². The second-order valence-electron chi connectivity index (χ2n) is 28.5. The van der Waals surface area contributed by atoms with Crippen LogP contribution in [0, 0.1) is 0 Å². The van der Waals surface area contributed by atoms with E-state index in [4.69, 9.17) is 47.9 Å². The van der Waals surface area contributed by atoms with Gasteiger partial charge in [0.1, 0.15) is 28.5 Å². The summed E-state index contributed by atoms with van der Waals surface area (Å²) >= 11 is 0. The van der Waals surface area contributed by atoms with Gasteiger partial charge >= 0.3 is 0 Å². The van der Waals surface area contributed by atoms with Gasteiger partial charge in [0.2, 0.25) is 0 Å². The first-order chi connectivity index (χ1) is 48.5. The van der Waals surface area contributed by atoms with Crippen LogP contribution in [-0.4, -0.2) is 79.4 Å². The van der Waals surface area contributed by atoms with E-state index in [-0.39, 0.29) is 20.4 Å². The molecular formula is C86H146N4O8Pd. The fraction of sp³-hybridized carbons (Fsp3) is 0.767. The van der Waals surface area contributed by atoms with Crippen molar-refractivity contribution < 1.29 is 58.3 Å². The summed E-state index contributed by atoms with van der Waals surface area (Å²) in [6.45, 7) is 23.5. The molecule has 0 unspecified atom stereocenters. The van der Waals surface area contributed by atoms with Crippen LogP contribution in [0.25, 0.3) is 45.1 Å². The normalized spacial score (nSPS) is 12.2. The average molecular weight is 1470 g/mol. The van der Waals surface area contributed by atoms with Crippen molar-refractivity contribution >= 4 is 45.1 Å². The first-order valence-corrected chi connectivity index (χ1v) is 41.7. The molecule has 0 spiro atoms. The van der Waals surface area contributed by atoms with Crippen LogP contribution in [0.2, 0.25) is 0 Å². The van der Waals surface area contributed by atoms with Crippen LogP contribution < -0.4 is 14.2 Å². The Morgan fingerprint density at radius 3 is 0.788 bits per heavy atom. The summed E-state index contributed by atoms with van der Waals surface area (Å²) in [5, 5.41) is 0. The molecule has 13 heteroatoms. The smallest absolute Gasteiger partial charge is 0.189 e. The van der Waals surface area contributed by atoms with Crippen LogP contribution in [0.3, 0.4) is 0 Å². The number of nitrogens with zero attached hydrogens (tertiary/aromatic N) is 2. The number of rotatable bonds is 66. The Morgan fingerprint density at radius 2 is 0.465 bits per heavy atom. The Morgan fingerprint density at radius 1 is 0.232 bits per heavy atom. The van der Waals surface area contributed by atoms with Crippen LogP contribution in [0.15, 0.2) is 24.3 Å². The number of hydrogen-bond donors (Lipinski definition) is 2. The summed E-state index contributed by atoms with van der Waals surface area (Å²) in [5.41, 5.74) is 7.13. The molecule has 0 aromatic carbocycles. The summed E-state index contributed by atoms with van der Waals surface area (Å²) < 4.78 is 56.7. The second-order valence-corrected chi connectivity index (χ2v) is 28.5. The zero-order valence-electron chi connectivity index (χ0n) is 64.8. The van der Waals surface area contributed by atoms with Crippen LogP contribution >= 0.6 is 0 Å². The zero-order valence-corrected chi connectivity index (χ0v) is 66.4. The number of hydrogen-bond acceptors (Lipinski definition) is 10. The van der Waals surface area contributed by atoms with Gasteiger partial charge in [-0.3, -0.25) is 0 Å². The minimum Gasteiger partial charge on any atom is -0.491 e. The van der Waals surface area contributed by atoms with Gasteiger partial charge in [0.05, 0.1) is 69.4 Å². The van der Waals surface area contributed by atoms with E-state index in [0.717, 1.165) is 136 Å². The van der Waals surface area contributed by atoms with E-state index in [9.17, 15) is 0 Å². The van der Waals surface area contributed by atoms with Crippen molar-refractivity contribution in [2.75, 3.05) is 59.5 Å². The monoisotopic (exact) mass is 1470 g/mol. The first kappa shape index (κ1) is 87.2. The first-order valence-electron chi connectivity index (χ1n) is 41.7. The molecule has 3 aromatic heterocycles. The third kappa shape index (κ3) is 35.2. The van der Waals surface area contributed by atoms with Crippen molar-refractivity contribution in [3.05, 3.63) is 52.6 Å². The van der Waals surface area contributed by atoms with Gasteiger partial charge in [-0.25, -0.2) is 9.97 Å². The number of H-pyrrole nitrogens is 2. The molecule has 12 nitrogen and oxygen atoms in total. The van der Waals surface area contributed by atoms with Crippen molar-refractivity contribution in [2.24, 2.45) is 0 Å². The maximum absolute atomic E-state index is 7.23. The Balaban J connectivity index is 0.0000208. The van der Waals surface area contributed by atoms with Crippen molar-refractivity contribution in [1.29, 1.82) is 0 Å². The largest absolute Gasteiger partial charge is 0.491 e. The fourth-order valence-corrected chi connectivity index (χ4v) is 13.3. The van der Waals surface area contributed by atoms with Crippen LogP contribution in [0.5, 0.6) is 17.2 Å². The Kier molecular flexibility index (Phi) is 51.3. The van der Waals surface area contributed by atoms with Gasteiger partial charge in [0, 0.05) is 44.5 Å². The molecule has 99 heavy (non-hydrogen) atoms. The van der Waals surface area contributed by atoms with Gasteiger partial charge in [-0.05, 0) is 75.6 Å². The number of ether oxygens (including phenoxy) is 8.